The minimum atomic E-state index is -3.91. The van der Waals surface area contributed by atoms with E-state index in [1.165, 1.54) is 61.3 Å². The number of rotatable bonds is 17. The van der Waals surface area contributed by atoms with E-state index in [2.05, 4.69) is 142 Å². The lowest BCUT2D eigenvalue weighted by atomic mass is 9.79. The van der Waals surface area contributed by atoms with Gasteiger partial charge in [0.2, 0.25) is 0 Å². The number of anilines is 1. The van der Waals surface area contributed by atoms with Crippen molar-refractivity contribution in [2.45, 2.75) is 214 Å². The predicted molar refractivity (Wildman–Crippen MR) is 487 cm³/mol. The minimum Gasteiger partial charge on any atom is -0.481 e. The molecule has 11 aromatic rings. The third kappa shape index (κ3) is 28.6. The van der Waals surface area contributed by atoms with E-state index in [9.17, 15) is 31.2 Å². The van der Waals surface area contributed by atoms with Gasteiger partial charge in [-0.3, -0.25) is 38.3 Å². The number of carbonyl (C=O) groups is 4. The number of fused-ring (bicyclic) bond motifs is 3. The number of nitrogens with zero attached hydrogens (tertiary/aromatic N) is 11. The van der Waals surface area contributed by atoms with Gasteiger partial charge in [-0.1, -0.05) is 99.9 Å². The smallest absolute Gasteiger partial charge is 0.481 e. The number of ketones is 1. The Morgan fingerprint density at radius 2 is 0.950 bits per heavy atom. The fourth-order valence-electron chi connectivity index (χ4n) is 12.4. The van der Waals surface area contributed by atoms with Gasteiger partial charge in [0, 0.05) is 109 Å². The number of Topliss-reactive ketones (excluding diaryl/α,β-unsaturated/α-hetero) is 1. The highest BCUT2D eigenvalue weighted by Gasteiger charge is 2.51. The number of sulfonamides is 2. The second-order valence-corrected chi connectivity index (χ2v) is 35.9. The number of benzene rings is 4. The number of aromatic nitrogens is 11. The number of nitrogens with two attached hydrogens (primary N) is 1. The van der Waals surface area contributed by atoms with Crippen LogP contribution in [0.2, 0.25) is 0 Å². The Kier molecular flexibility index (Phi) is 35.4. The molecule has 121 heavy (non-hydrogen) atoms. The largest absolute Gasteiger partial charge is 0.494 e. The normalized spacial score (nSPS) is 14.7. The molecule has 4 amide bonds. The van der Waals surface area contributed by atoms with Crippen LogP contribution in [0.25, 0.3) is 28.2 Å². The minimum absolute atomic E-state index is 0.0477. The topological polar surface area (TPSA) is 386 Å². The summed E-state index contributed by atoms with van der Waals surface area (Å²) in [6, 6.07) is 27.1. The Hall–Kier alpha value is -8.94. The number of urea groups is 2. The molecule has 8 N–H and O–H groups in total. The molecule has 0 bridgehead atoms. The van der Waals surface area contributed by atoms with Gasteiger partial charge in [0.1, 0.15) is 16.2 Å². The van der Waals surface area contributed by atoms with Crippen LogP contribution in [0.1, 0.15) is 196 Å². The molecule has 0 spiro atoms. The van der Waals surface area contributed by atoms with Crippen LogP contribution in [0.4, 0.5) is 15.4 Å². The fourth-order valence-corrected chi connectivity index (χ4v) is 15.4. The molecule has 28 nitrogen and oxygen atoms in total. The van der Waals surface area contributed by atoms with E-state index in [0.29, 0.717) is 60.6 Å². The van der Waals surface area contributed by atoms with E-state index in [1.54, 1.807) is 37.4 Å². The zero-order chi connectivity index (χ0) is 89.0. The average Bonchev–Trinajstić information content (AvgIpc) is 1.59. The highest BCUT2D eigenvalue weighted by molar-refractivity contribution is 9.93. The summed E-state index contributed by atoms with van der Waals surface area (Å²) in [4.78, 5) is 79.4. The number of aliphatic hydroxyl groups excluding tert-OH is 1. The van der Waals surface area contributed by atoms with Crippen LogP contribution in [0.3, 0.4) is 0 Å². The Bertz CT molecular complexity index is 5610. The Labute approximate surface area is 741 Å². The van der Waals surface area contributed by atoms with Crippen molar-refractivity contribution in [3.63, 3.8) is 0 Å². The van der Waals surface area contributed by atoms with Crippen molar-refractivity contribution in [2.24, 2.45) is 5.92 Å². The van der Waals surface area contributed by atoms with Crippen molar-refractivity contribution in [1.82, 2.24) is 73.2 Å². The molecule has 0 unspecified atom stereocenters. The number of imidazole rings is 3. The van der Waals surface area contributed by atoms with Crippen molar-refractivity contribution in [2.75, 3.05) is 30.8 Å². The van der Waals surface area contributed by atoms with Gasteiger partial charge in [0.05, 0.1) is 101 Å². The van der Waals surface area contributed by atoms with Crippen molar-refractivity contribution in [3.8, 4) is 11.3 Å². The SMILES string of the molecule is BrBr.CC(=O)O.CCO.Cc1ccc(S(=O)(=O)NC(=O)NCCc2ccc(-c3c(C4CC4)nc4c(C)nc(C)cn34)cc2)cc1.Cc1ccc(S(=O)(=O)NC(=O)NCCc2ccc(B3OC(C)(C)C(C)(C)O3)cc2)cc1.Cc1cn2c(Br)c(C3CC3)nc2c(C)n1.Cc1cn2cc(C3CC3)nc2c(C)n1.Cc1cnc(N)c(C)n1.O=C(CBr)C1CC1. The maximum Gasteiger partial charge on any atom is 0.494 e. The lowest BCUT2D eigenvalue weighted by Gasteiger charge is -2.32. The van der Waals surface area contributed by atoms with Crippen LogP contribution >= 0.6 is 60.1 Å². The summed E-state index contributed by atoms with van der Waals surface area (Å²) in [5.41, 5.74) is 25.8. The van der Waals surface area contributed by atoms with Crippen LogP contribution in [0, 0.1) is 75.2 Å². The Morgan fingerprint density at radius 1 is 0.545 bits per heavy atom. The zero-order valence-corrected chi connectivity index (χ0v) is 79.2. The standard InChI is InChI=1S/C27H29N5O3S.C22H29BN2O5S.C11H12BrN3.C11H13N3.C6H9N3.C5H7BrO.C2H4O2.C2H6O.Br2/c1-17-4-12-23(13-5-17)36(34,35)31-27(33)28-15-14-20-6-8-22(9-7-20)25-24(21-10-11-21)30-26-19(3)29-18(2)16-32(25)26;1-16-6-12-19(13-7-16)31(27,28)25-20(26)24-15-14-17-8-10-18(11-9-17)23-29-21(2,3)22(4,5)30-23;1-6-5-15-10(12)9(8-3-4-8)14-11(15)7(2)13-6;1-7-5-14-6-10(9-3-4-9)13-11(14)8(2)12-7;1-4-3-8-6(7)5(2)9-4;6-3-5(7)4-1-2-4;1-2(3)4;1-2-3;1-2/h4-9,12-13,16,21H,10-11,14-15H2,1-3H3,(H2,28,31,33);6-13H,14-15H2,1-5H3,(H2,24,25,26);5,8H,3-4H2,1-2H3;5-6,9H,3-4H2,1-2H3;3H,1-2H3,(H2,7,8);4H,1-3H2;1H3,(H,3,4);3H,2H2,1H3;. The Balaban J connectivity index is 0.000000191. The van der Waals surface area contributed by atoms with E-state index in [0.717, 1.165) is 150 Å². The van der Waals surface area contributed by atoms with Crippen molar-refractivity contribution >= 4 is 139 Å². The first kappa shape index (κ1) is 97.5. The van der Waals surface area contributed by atoms with Crippen molar-refractivity contribution in [1.29, 1.82) is 0 Å². The number of amides is 4. The van der Waals surface area contributed by atoms with Gasteiger partial charge >= 0.3 is 19.2 Å². The summed E-state index contributed by atoms with van der Waals surface area (Å²) in [6.07, 6.45) is 20.8. The monoisotopic (exact) mass is 1950 g/mol. The molecule has 4 aromatic carbocycles. The summed E-state index contributed by atoms with van der Waals surface area (Å²) >= 11 is 12.2. The summed E-state index contributed by atoms with van der Waals surface area (Å²) in [6.45, 7) is 31.2. The molecule has 4 aliphatic carbocycles. The molecule has 16 rings (SSSR count). The number of halogens is 4. The maximum absolute atomic E-state index is 12.4. The second-order valence-electron chi connectivity index (χ2n) is 31.2. The first-order chi connectivity index (χ1) is 57.2. The highest BCUT2D eigenvalue weighted by atomic mass is 80.9. The van der Waals surface area contributed by atoms with Gasteiger partial charge in [0.25, 0.3) is 26.0 Å². The fraction of sp³-hybridized carbons (Fsp3) is 0.419. The van der Waals surface area contributed by atoms with Crippen LogP contribution in [0.5, 0.6) is 0 Å². The molecule has 0 atom stereocenters. The number of aliphatic hydroxyl groups is 1. The second kappa shape index (κ2) is 43.9. The summed E-state index contributed by atoms with van der Waals surface area (Å²) in [5.74, 6) is 2.37. The van der Waals surface area contributed by atoms with Gasteiger partial charge in [-0.15, -0.1) is 0 Å². The number of aryl methyl sites for hydroxylation is 10. The average molecular weight is 1950 g/mol. The number of aliphatic carboxylic acids is 1. The van der Waals surface area contributed by atoms with Gasteiger partial charge in [-0.25, -0.2) is 55.8 Å². The lowest BCUT2D eigenvalue weighted by Crippen LogP contribution is -2.41. The molecule has 648 valence electrons. The van der Waals surface area contributed by atoms with Crippen LogP contribution in [-0.2, 0) is 51.8 Å². The van der Waals surface area contributed by atoms with Crippen LogP contribution in [0.15, 0.2) is 142 Å². The number of nitrogens with one attached hydrogen (secondary N) is 4. The van der Waals surface area contributed by atoms with Crippen molar-refractivity contribution < 1.29 is 55.5 Å². The number of hydrogen-bond acceptors (Lipinski definition) is 20. The Morgan fingerprint density at radius 3 is 1.37 bits per heavy atom. The molecule has 0 radical (unpaired) electrons. The third-order valence-electron chi connectivity index (χ3n) is 20.0. The van der Waals surface area contributed by atoms with E-state index in [4.69, 9.17) is 35.0 Å². The van der Waals surface area contributed by atoms with Crippen LogP contribution < -0.4 is 31.3 Å². The molecule has 1 saturated heterocycles. The number of nitrogen functional groups attached to an aromatic ring is 1. The molecule has 8 heterocycles. The molecular formula is C86H109BBr4N16O12S2. The van der Waals surface area contributed by atoms with E-state index < -0.39 is 56.4 Å². The number of alkyl halides is 1. The van der Waals surface area contributed by atoms with Gasteiger partial charge in [-0.05, 0) is 225 Å². The zero-order valence-electron chi connectivity index (χ0n) is 71.2. The first-order valence-corrected chi connectivity index (χ1v) is 48.4. The molecular weight excluding hydrogens is 1840 g/mol. The number of hydrogen-bond donors (Lipinski definition) is 7. The molecule has 35 heteroatoms. The number of carbonyl (C=O) groups excluding carboxylic acids is 3. The van der Waals surface area contributed by atoms with E-state index in [1.807, 2.05) is 157 Å². The number of carboxylic acid groups (broad SMARTS) is 1. The quantitative estimate of drug-likeness (QED) is 0.0329. The molecule has 5 fully saturated rings. The van der Waals surface area contributed by atoms with Crippen LogP contribution in [-0.4, -0.2) is 147 Å². The molecule has 1 aliphatic heterocycles. The van der Waals surface area contributed by atoms with Gasteiger partial charge in [0.15, 0.2) is 16.9 Å². The number of carboxylic acids is 1. The van der Waals surface area contributed by atoms with E-state index >= 15 is 0 Å². The highest BCUT2D eigenvalue weighted by Crippen LogP contribution is 2.46. The summed E-state index contributed by atoms with van der Waals surface area (Å²) in [7, 11) is -8.22. The predicted octanol–water partition coefficient (Wildman–Crippen LogP) is 16.0. The summed E-state index contributed by atoms with van der Waals surface area (Å²) < 4.78 is 72.9. The third-order valence-corrected chi connectivity index (χ3v) is 24.0. The van der Waals surface area contributed by atoms with Gasteiger partial charge in [-0.2, -0.15) is 0 Å². The van der Waals surface area contributed by atoms with Crippen molar-refractivity contribution in [3.05, 3.63) is 218 Å². The van der Waals surface area contributed by atoms with E-state index in [-0.39, 0.29) is 16.4 Å². The maximum atomic E-state index is 12.4. The molecule has 5 aliphatic rings. The summed E-state index contributed by atoms with van der Waals surface area (Å²) in [5, 5.41) is 20.7. The van der Waals surface area contributed by atoms with Gasteiger partial charge < -0.3 is 40.3 Å². The molecule has 4 saturated carbocycles. The first-order valence-electron chi connectivity index (χ1n) is 39.8. The lowest BCUT2D eigenvalue weighted by molar-refractivity contribution is -0.134. The molecule has 7 aromatic heterocycles.